The van der Waals surface area contributed by atoms with Gasteiger partial charge in [0.25, 0.3) is 0 Å². The minimum atomic E-state index is -0.330. The first-order chi connectivity index (χ1) is 14.5. The summed E-state index contributed by atoms with van der Waals surface area (Å²) >= 11 is 3.43. The maximum absolute atomic E-state index is 13.9. The molecule has 0 saturated heterocycles. The van der Waals surface area contributed by atoms with Gasteiger partial charge in [0, 0.05) is 11.0 Å². The van der Waals surface area contributed by atoms with Crippen LogP contribution in [0.25, 0.3) is 11.0 Å². The van der Waals surface area contributed by atoms with Crippen molar-refractivity contribution in [3.8, 4) is 5.75 Å². The Bertz CT molecular complexity index is 1210. The molecule has 0 fully saturated rings. The normalized spacial score (nSPS) is 11.2. The number of aryl methyl sites for hydroxylation is 1. The van der Waals surface area contributed by atoms with Crippen molar-refractivity contribution in [1.29, 1.82) is 5.41 Å². The second kappa shape index (κ2) is 8.83. The molecule has 154 valence electrons. The number of halogens is 3. The van der Waals surface area contributed by atoms with E-state index in [1.165, 1.54) is 24.3 Å². The number of nitrogens with one attached hydrogen (secondary N) is 1. The molecule has 0 atom stereocenters. The molecule has 4 aromatic rings. The summed E-state index contributed by atoms with van der Waals surface area (Å²) in [6.07, 6.45) is 0.655. The quantitative estimate of drug-likeness (QED) is 0.356. The largest absolute Gasteiger partial charge is 0.494 e. The van der Waals surface area contributed by atoms with Crippen LogP contribution in [-0.4, -0.2) is 15.7 Å². The number of nitrogens with zero attached hydrogens (tertiary/aromatic N) is 2. The maximum atomic E-state index is 13.9. The lowest BCUT2D eigenvalue weighted by Gasteiger charge is -2.08. The first-order valence-electron chi connectivity index (χ1n) is 9.57. The Balaban J connectivity index is 1.55. The van der Waals surface area contributed by atoms with Gasteiger partial charge in [-0.2, -0.15) is 0 Å². The van der Waals surface area contributed by atoms with Gasteiger partial charge in [-0.15, -0.1) is 0 Å². The minimum absolute atomic E-state index is 0.303. The molecule has 0 unspecified atom stereocenters. The van der Waals surface area contributed by atoms with E-state index in [0.29, 0.717) is 43.0 Å². The Hall–Kier alpha value is -2.93. The number of fused-ring (bicyclic) bond motifs is 1. The molecular weight excluding hydrogens is 452 g/mol. The Morgan fingerprint density at radius 3 is 2.27 bits per heavy atom. The number of rotatable bonds is 7. The highest BCUT2D eigenvalue weighted by Crippen LogP contribution is 2.18. The average molecular weight is 472 g/mol. The van der Waals surface area contributed by atoms with Crippen LogP contribution < -0.4 is 10.4 Å². The second-order valence-electron chi connectivity index (χ2n) is 6.98. The van der Waals surface area contributed by atoms with Crippen LogP contribution in [0.3, 0.4) is 0 Å². The summed E-state index contributed by atoms with van der Waals surface area (Å²) < 4.78 is 37.2. The van der Waals surface area contributed by atoms with Crippen molar-refractivity contribution < 1.29 is 13.5 Å². The zero-order valence-corrected chi connectivity index (χ0v) is 17.7. The number of hydrogen-bond donors (Lipinski definition) is 1. The predicted molar refractivity (Wildman–Crippen MR) is 115 cm³/mol. The van der Waals surface area contributed by atoms with Crippen LogP contribution >= 0.6 is 15.9 Å². The van der Waals surface area contributed by atoms with E-state index < -0.39 is 0 Å². The van der Waals surface area contributed by atoms with Gasteiger partial charge in [-0.3, -0.25) is 5.41 Å². The van der Waals surface area contributed by atoms with Crippen molar-refractivity contribution in [3.05, 3.63) is 94.0 Å². The zero-order chi connectivity index (χ0) is 21.1. The Morgan fingerprint density at radius 2 is 1.53 bits per heavy atom. The third-order valence-electron chi connectivity index (χ3n) is 4.89. The summed E-state index contributed by atoms with van der Waals surface area (Å²) in [7, 11) is 0. The summed E-state index contributed by atoms with van der Waals surface area (Å²) in [5.74, 6) is -0.0290. The van der Waals surface area contributed by atoms with E-state index in [-0.39, 0.29) is 11.6 Å². The number of aromatic nitrogens is 2. The smallest absolute Gasteiger partial charge is 0.203 e. The lowest BCUT2D eigenvalue weighted by Crippen LogP contribution is -2.25. The highest BCUT2D eigenvalue weighted by Gasteiger charge is 2.12. The molecule has 0 aliphatic rings. The SMILES string of the molecule is N=c1n(CCCOc2ccc(F)cc2)c2ccc(F)cc2n1Cc1ccc(Br)cc1. The van der Waals surface area contributed by atoms with Crippen LogP contribution in [0.15, 0.2) is 71.2 Å². The summed E-state index contributed by atoms with van der Waals surface area (Å²) in [5, 5.41) is 8.67. The molecule has 1 aromatic heterocycles. The van der Waals surface area contributed by atoms with E-state index in [2.05, 4.69) is 15.9 Å². The fraction of sp³-hybridized carbons (Fsp3) is 0.174. The molecule has 0 amide bonds. The molecule has 0 aliphatic carbocycles. The van der Waals surface area contributed by atoms with Crippen LogP contribution in [0.1, 0.15) is 12.0 Å². The van der Waals surface area contributed by atoms with Crippen molar-refractivity contribution in [3.63, 3.8) is 0 Å². The second-order valence-corrected chi connectivity index (χ2v) is 7.89. The Kier molecular flexibility index (Phi) is 5.99. The third kappa shape index (κ3) is 4.46. The number of imidazole rings is 1. The first-order valence-corrected chi connectivity index (χ1v) is 10.4. The molecule has 0 bridgehead atoms. The molecule has 4 rings (SSSR count). The van der Waals surface area contributed by atoms with Gasteiger partial charge in [-0.05, 0) is 66.6 Å². The van der Waals surface area contributed by atoms with Crippen LogP contribution in [0.2, 0.25) is 0 Å². The molecule has 0 radical (unpaired) electrons. The van der Waals surface area contributed by atoms with Crippen molar-refractivity contribution in [1.82, 2.24) is 9.13 Å². The highest BCUT2D eigenvalue weighted by atomic mass is 79.9. The van der Waals surface area contributed by atoms with E-state index in [1.54, 1.807) is 18.2 Å². The molecule has 0 aliphatic heterocycles. The zero-order valence-electron chi connectivity index (χ0n) is 16.1. The fourth-order valence-corrected chi connectivity index (χ4v) is 3.68. The van der Waals surface area contributed by atoms with Crippen molar-refractivity contribution in [2.45, 2.75) is 19.5 Å². The van der Waals surface area contributed by atoms with Crippen LogP contribution in [-0.2, 0) is 13.1 Å². The van der Waals surface area contributed by atoms with E-state index >= 15 is 0 Å². The number of ether oxygens (including phenoxy) is 1. The molecule has 1 N–H and O–H groups in total. The van der Waals surface area contributed by atoms with Gasteiger partial charge in [0.05, 0.1) is 24.2 Å². The monoisotopic (exact) mass is 471 g/mol. The van der Waals surface area contributed by atoms with Gasteiger partial charge in [0.1, 0.15) is 17.4 Å². The topological polar surface area (TPSA) is 42.9 Å². The van der Waals surface area contributed by atoms with Gasteiger partial charge in [-0.25, -0.2) is 8.78 Å². The summed E-state index contributed by atoms with van der Waals surface area (Å²) in [5.41, 5.74) is 2.82. The molecular formula is C23H20BrF2N3O. The van der Waals surface area contributed by atoms with Crippen molar-refractivity contribution >= 4 is 27.0 Å². The van der Waals surface area contributed by atoms with E-state index in [0.717, 1.165) is 15.6 Å². The van der Waals surface area contributed by atoms with E-state index in [1.807, 2.05) is 33.4 Å². The van der Waals surface area contributed by atoms with Gasteiger partial charge in [-0.1, -0.05) is 28.1 Å². The van der Waals surface area contributed by atoms with Crippen molar-refractivity contribution in [2.75, 3.05) is 6.61 Å². The van der Waals surface area contributed by atoms with E-state index in [4.69, 9.17) is 10.1 Å². The molecule has 0 spiro atoms. The molecule has 3 aromatic carbocycles. The molecule has 0 saturated carbocycles. The molecule has 7 heteroatoms. The predicted octanol–water partition coefficient (Wildman–Crippen LogP) is 5.48. The standard InChI is InChI=1S/C23H20BrF2N3O/c24-17-4-2-16(3-5-17)15-29-22-14-19(26)8-11-21(22)28(23(29)27)12-1-13-30-20-9-6-18(25)7-10-20/h2-11,14,27H,1,12-13,15H2. The average Bonchev–Trinajstić information content (AvgIpc) is 2.99. The number of benzene rings is 3. The van der Waals surface area contributed by atoms with Crippen molar-refractivity contribution in [2.24, 2.45) is 0 Å². The minimum Gasteiger partial charge on any atom is -0.494 e. The van der Waals surface area contributed by atoms with Crippen LogP contribution in [0.5, 0.6) is 5.75 Å². The first kappa shape index (κ1) is 20.3. The molecule has 1 heterocycles. The van der Waals surface area contributed by atoms with Crippen LogP contribution in [0.4, 0.5) is 8.78 Å². The van der Waals surface area contributed by atoms with Gasteiger partial charge in [0.15, 0.2) is 0 Å². The lowest BCUT2D eigenvalue weighted by molar-refractivity contribution is 0.300. The Labute approximate surface area is 181 Å². The molecule has 30 heavy (non-hydrogen) atoms. The third-order valence-corrected chi connectivity index (χ3v) is 5.42. The molecule has 4 nitrogen and oxygen atoms in total. The highest BCUT2D eigenvalue weighted by molar-refractivity contribution is 9.10. The fourth-order valence-electron chi connectivity index (χ4n) is 3.42. The van der Waals surface area contributed by atoms with Crippen LogP contribution in [0, 0.1) is 17.0 Å². The summed E-state index contributed by atoms with van der Waals surface area (Å²) in [6.45, 7) is 1.46. The number of hydrogen-bond acceptors (Lipinski definition) is 2. The van der Waals surface area contributed by atoms with E-state index in [9.17, 15) is 8.78 Å². The van der Waals surface area contributed by atoms with Gasteiger partial charge < -0.3 is 13.9 Å². The lowest BCUT2D eigenvalue weighted by atomic mass is 10.2. The maximum Gasteiger partial charge on any atom is 0.203 e. The summed E-state index contributed by atoms with van der Waals surface area (Å²) in [6, 6.07) is 18.4. The summed E-state index contributed by atoms with van der Waals surface area (Å²) in [4.78, 5) is 0. The van der Waals surface area contributed by atoms with Gasteiger partial charge in [0.2, 0.25) is 5.62 Å². The Morgan fingerprint density at radius 1 is 0.833 bits per heavy atom. The van der Waals surface area contributed by atoms with Gasteiger partial charge >= 0.3 is 0 Å².